The molecule has 0 atom stereocenters. The SMILES string of the molecule is CCOCCOC1(CBr)CCCC1. The van der Waals surface area contributed by atoms with E-state index in [9.17, 15) is 0 Å². The molecule has 2 nitrogen and oxygen atoms in total. The molecule has 78 valence electrons. The van der Waals surface area contributed by atoms with Gasteiger partial charge in [0, 0.05) is 11.9 Å². The van der Waals surface area contributed by atoms with Crippen molar-refractivity contribution in [2.45, 2.75) is 38.2 Å². The number of hydrogen-bond donors (Lipinski definition) is 0. The van der Waals surface area contributed by atoms with Gasteiger partial charge in [-0.05, 0) is 19.8 Å². The first-order valence-corrected chi connectivity index (χ1v) is 6.23. The summed E-state index contributed by atoms with van der Waals surface area (Å²) >= 11 is 3.54. The van der Waals surface area contributed by atoms with Gasteiger partial charge in [-0.25, -0.2) is 0 Å². The smallest absolute Gasteiger partial charge is 0.0780 e. The Labute approximate surface area is 89.1 Å². The molecule has 1 aliphatic rings. The topological polar surface area (TPSA) is 18.5 Å². The Morgan fingerprint density at radius 2 is 1.92 bits per heavy atom. The zero-order chi connectivity index (χ0) is 9.57. The molecule has 0 aromatic carbocycles. The van der Waals surface area contributed by atoms with Crippen LogP contribution in [-0.2, 0) is 9.47 Å². The van der Waals surface area contributed by atoms with Gasteiger partial charge in [0.05, 0.1) is 18.8 Å². The highest BCUT2D eigenvalue weighted by Gasteiger charge is 2.33. The van der Waals surface area contributed by atoms with Crippen LogP contribution < -0.4 is 0 Å². The lowest BCUT2D eigenvalue weighted by atomic mass is 10.1. The van der Waals surface area contributed by atoms with E-state index in [0.29, 0.717) is 0 Å². The molecule has 1 saturated carbocycles. The summed E-state index contributed by atoms with van der Waals surface area (Å²) in [6.45, 7) is 4.26. The lowest BCUT2D eigenvalue weighted by Gasteiger charge is -2.26. The van der Waals surface area contributed by atoms with Crippen molar-refractivity contribution in [2.75, 3.05) is 25.2 Å². The summed E-state index contributed by atoms with van der Waals surface area (Å²) in [5.74, 6) is 0. The van der Waals surface area contributed by atoms with Gasteiger partial charge < -0.3 is 9.47 Å². The average Bonchev–Trinajstić information content (AvgIpc) is 2.62. The molecule has 0 aromatic heterocycles. The lowest BCUT2D eigenvalue weighted by Crippen LogP contribution is -2.32. The van der Waals surface area contributed by atoms with Gasteiger partial charge in [-0.3, -0.25) is 0 Å². The molecule has 3 heteroatoms. The second kappa shape index (κ2) is 5.99. The summed E-state index contributed by atoms with van der Waals surface area (Å²) in [6.07, 6.45) is 5.01. The molecule has 0 aliphatic heterocycles. The normalized spacial score (nSPS) is 20.8. The number of hydrogen-bond acceptors (Lipinski definition) is 2. The van der Waals surface area contributed by atoms with Crippen molar-refractivity contribution < 1.29 is 9.47 Å². The molecule has 13 heavy (non-hydrogen) atoms. The van der Waals surface area contributed by atoms with E-state index in [4.69, 9.17) is 9.47 Å². The molecular weight excluding hydrogens is 232 g/mol. The van der Waals surface area contributed by atoms with Crippen LogP contribution in [0.25, 0.3) is 0 Å². The van der Waals surface area contributed by atoms with E-state index >= 15 is 0 Å². The average molecular weight is 251 g/mol. The van der Waals surface area contributed by atoms with Crippen molar-refractivity contribution in [3.63, 3.8) is 0 Å². The monoisotopic (exact) mass is 250 g/mol. The van der Waals surface area contributed by atoms with Crippen LogP contribution in [0.3, 0.4) is 0 Å². The van der Waals surface area contributed by atoms with Gasteiger partial charge in [0.2, 0.25) is 0 Å². The number of rotatable bonds is 6. The van der Waals surface area contributed by atoms with E-state index in [1.54, 1.807) is 0 Å². The minimum Gasteiger partial charge on any atom is -0.379 e. The molecule has 0 N–H and O–H groups in total. The predicted octanol–water partition coefficient (Wildman–Crippen LogP) is 2.75. The van der Waals surface area contributed by atoms with Crippen molar-refractivity contribution >= 4 is 15.9 Å². The second-order valence-corrected chi connectivity index (χ2v) is 4.13. The summed E-state index contributed by atoms with van der Waals surface area (Å²) in [5.41, 5.74) is 0.122. The van der Waals surface area contributed by atoms with Crippen molar-refractivity contribution in [3.05, 3.63) is 0 Å². The summed E-state index contributed by atoms with van der Waals surface area (Å²) in [4.78, 5) is 0. The Hall–Kier alpha value is 0.400. The fraction of sp³-hybridized carbons (Fsp3) is 1.00. The maximum atomic E-state index is 5.87. The molecular formula is C10H19BrO2. The Bertz CT molecular complexity index is 133. The third-order valence-corrected chi connectivity index (χ3v) is 3.62. The van der Waals surface area contributed by atoms with Gasteiger partial charge in [-0.1, -0.05) is 28.8 Å². The standard InChI is InChI=1S/C10H19BrO2/c1-2-12-7-8-13-10(9-11)5-3-4-6-10/h2-9H2,1H3. The fourth-order valence-corrected chi connectivity index (χ4v) is 2.52. The number of alkyl halides is 1. The lowest BCUT2D eigenvalue weighted by molar-refractivity contribution is -0.0473. The zero-order valence-corrected chi connectivity index (χ0v) is 9.94. The zero-order valence-electron chi connectivity index (χ0n) is 8.35. The highest BCUT2D eigenvalue weighted by atomic mass is 79.9. The highest BCUT2D eigenvalue weighted by molar-refractivity contribution is 9.09. The summed E-state index contributed by atoms with van der Waals surface area (Å²) in [5, 5.41) is 0.964. The van der Waals surface area contributed by atoms with Crippen LogP contribution in [0.15, 0.2) is 0 Å². The van der Waals surface area contributed by atoms with E-state index in [0.717, 1.165) is 25.2 Å². The van der Waals surface area contributed by atoms with Crippen molar-refractivity contribution in [1.29, 1.82) is 0 Å². The first-order chi connectivity index (χ1) is 6.33. The first kappa shape index (κ1) is 11.5. The number of ether oxygens (including phenoxy) is 2. The van der Waals surface area contributed by atoms with Gasteiger partial charge in [0.1, 0.15) is 0 Å². The quantitative estimate of drug-likeness (QED) is 0.533. The van der Waals surface area contributed by atoms with Crippen LogP contribution in [-0.4, -0.2) is 30.8 Å². The van der Waals surface area contributed by atoms with E-state index in [1.807, 2.05) is 6.92 Å². The van der Waals surface area contributed by atoms with E-state index in [2.05, 4.69) is 15.9 Å². The first-order valence-electron chi connectivity index (χ1n) is 5.11. The Morgan fingerprint density at radius 3 is 2.46 bits per heavy atom. The molecule has 0 heterocycles. The van der Waals surface area contributed by atoms with Crippen LogP contribution in [0.5, 0.6) is 0 Å². The van der Waals surface area contributed by atoms with Crippen molar-refractivity contribution in [3.8, 4) is 0 Å². The van der Waals surface area contributed by atoms with E-state index in [-0.39, 0.29) is 5.60 Å². The third kappa shape index (κ3) is 3.56. The predicted molar refractivity (Wildman–Crippen MR) is 57.4 cm³/mol. The summed E-state index contributed by atoms with van der Waals surface area (Å²) in [6, 6.07) is 0. The molecule has 1 fully saturated rings. The van der Waals surface area contributed by atoms with Crippen LogP contribution in [0.4, 0.5) is 0 Å². The van der Waals surface area contributed by atoms with Crippen LogP contribution >= 0.6 is 15.9 Å². The van der Waals surface area contributed by atoms with Crippen LogP contribution in [0.1, 0.15) is 32.6 Å². The summed E-state index contributed by atoms with van der Waals surface area (Å²) in [7, 11) is 0. The molecule has 1 aliphatic carbocycles. The molecule has 0 radical (unpaired) electrons. The van der Waals surface area contributed by atoms with Gasteiger partial charge in [-0.2, -0.15) is 0 Å². The molecule has 0 saturated heterocycles. The maximum Gasteiger partial charge on any atom is 0.0780 e. The summed E-state index contributed by atoms with van der Waals surface area (Å²) < 4.78 is 11.1. The Kier molecular flexibility index (Phi) is 5.29. The van der Waals surface area contributed by atoms with Gasteiger partial charge >= 0.3 is 0 Å². The second-order valence-electron chi connectivity index (χ2n) is 3.57. The van der Waals surface area contributed by atoms with E-state index in [1.165, 1.54) is 25.7 Å². The van der Waals surface area contributed by atoms with Crippen molar-refractivity contribution in [1.82, 2.24) is 0 Å². The molecule has 0 amide bonds. The molecule has 0 spiro atoms. The molecule has 0 unspecified atom stereocenters. The Balaban J connectivity index is 2.16. The fourth-order valence-electron chi connectivity index (χ4n) is 1.80. The van der Waals surface area contributed by atoms with Gasteiger partial charge in [0.15, 0.2) is 0 Å². The van der Waals surface area contributed by atoms with Gasteiger partial charge in [-0.15, -0.1) is 0 Å². The molecule has 0 bridgehead atoms. The Morgan fingerprint density at radius 1 is 1.23 bits per heavy atom. The minimum atomic E-state index is 0.122. The van der Waals surface area contributed by atoms with Crippen LogP contribution in [0.2, 0.25) is 0 Å². The molecule has 0 aromatic rings. The largest absolute Gasteiger partial charge is 0.379 e. The highest BCUT2D eigenvalue weighted by Crippen LogP contribution is 2.34. The minimum absolute atomic E-state index is 0.122. The molecule has 1 rings (SSSR count). The van der Waals surface area contributed by atoms with E-state index < -0.39 is 0 Å². The number of halogens is 1. The van der Waals surface area contributed by atoms with Gasteiger partial charge in [0.25, 0.3) is 0 Å². The van der Waals surface area contributed by atoms with Crippen molar-refractivity contribution in [2.24, 2.45) is 0 Å². The maximum absolute atomic E-state index is 5.87. The third-order valence-electron chi connectivity index (χ3n) is 2.60. The van der Waals surface area contributed by atoms with Crippen LogP contribution in [0, 0.1) is 0 Å².